The van der Waals surface area contributed by atoms with Crippen LogP contribution in [-0.2, 0) is 13.0 Å². The molecule has 1 aromatic heterocycles. The molecule has 0 radical (unpaired) electrons. The minimum atomic E-state index is 0.379. The van der Waals surface area contributed by atoms with E-state index in [1.165, 1.54) is 11.5 Å². The maximum absolute atomic E-state index is 8.57. The van der Waals surface area contributed by atoms with Gasteiger partial charge in [-0.1, -0.05) is 16.6 Å². The van der Waals surface area contributed by atoms with Gasteiger partial charge in [-0.2, -0.15) is 5.26 Å². The number of nitrogens with one attached hydrogen (secondary N) is 1. The zero-order valence-electron chi connectivity index (χ0n) is 9.88. The highest BCUT2D eigenvalue weighted by atomic mass is 32.1. The monoisotopic (exact) mass is 260 g/mol. The number of hydrogen-bond donors (Lipinski definition) is 1. The van der Waals surface area contributed by atoms with Crippen LogP contribution in [0.15, 0.2) is 24.3 Å². The molecule has 1 heterocycles. The highest BCUT2D eigenvalue weighted by Crippen LogP contribution is 2.19. The zero-order chi connectivity index (χ0) is 12.8. The quantitative estimate of drug-likeness (QED) is 0.892. The fourth-order valence-electron chi connectivity index (χ4n) is 1.44. The van der Waals surface area contributed by atoms with Crippen molar-refractivity contribution in [1.29, 1.82) is 5.26 Å². The molecule has 0 aliphatic carbocycles. The third-order valence-electron chi connectivity index (χ3n) is 2.36. The minimum Gasteiger partial charge on any atom is -0.487 e. The number of ether oxygens (including phenoxy) is 1. The molecule has 18 heavy (non-hydrogen) atoms. The summed E-state index contributed by atoms with van der Waals surface area (Å²) in [4.78, 5) is 0. The summed E-state index contributed by atoms with van der Waals surface area (Å²) in [5.41, 5.74) is 1.78. The van der Waals surface area contributed by atoms with Crippen LogP contribution in [-0.4, -0.2) is 16.6 Å². The van der Waals surface area contributed by atoms with Gasteiger partial charge in [0.2, 0.25) is 0 Å². The molecule has 0 saturated carbocycles. The van der Waals surface area contributed by atoms with Crippen molar-refractivity contribution in [3.63, 3.8) is 0 Å². The van der Waals surface area contributed by atoms with Crippen LogP contribution in [0, 0.1) is 11.3 Å². The van der Waals surface area contributed by atoms with Crippen molar-refractivity contribution in [2.24, 2.45) is 0 Å². The van der Waals surface area contributed by atoms with E-state index in [0.717, 1.165) is 22.0 Å². The first-order chi connectivity index (χ1) is 8.83. The average molecular weight is 260 g/mol. The molecular weight excluding hydrogens is 248 g/mol. The van der Waals surface area contributed by atoms with Crippen LogP contribution in [0.25, 0.3) is 0 Å². The molecule has 5 nitrogen and oxygen atoms in total. The van der Waals surface area contributed by atoms with E-state index in [4.69, 9.17) is 10.00 Å². The Kier molecular flexibility index (Phi) is 4.10. The average Bonchev–Trinajstić information content (AvgIpc) is 2.86. The standard InChI is InChI=1S/C12H12N4OS/c1-14-12-11(15-16-18-12)8-17-10-4-2-9(3-5-10)6-7-13/h2-5,14H,6,8H2,1H3. The molecule has 6 heteroatoms. The van der Waals surface area contributed by atoms with Gasteiger partial charge in [0, 0.05) is 18.6 Å². The molecule has 0 saturated heterocycles. The highest BCUT2D eigenvalue weighted by molar-refractivity contribution is 7.10. The lowest BCUT2D eigenvalue weighted by Gasteiger charge is -2.05. The van der Waals surface area contributed by atoms with Gasteiger partial charge in [0.15, 0.2) is 0 Å². The molecule has 0 fully saturated rings. The Hall–Kier alpha value is -2.13. The number of nitriles is 1. The second-order valence-electron chi connectivity index (χ2n) is 3.57. The summed E-state index contributed by atoms with van der Waals surface area (Å²) in [6.07, 6.45) is 0.417. The number of benzene rings is 1. The largest absolute Gasteiger partial charge is 0.487 e. The van der Waals surface area contributed by atoms with Gasteiger partial charge in [0.1, 0.15) is 23.1 Å². The van der Waals surface area contributed by atoms with Gasteiger partial charge in [-0.15, -0.1) is 5.10 Å². The summed E-state index contributed by atoms with van der Waals surface area (Å²) in [6.45, 7) is 0.379. The SMILES string of the molecule is CNc1snnc1COc1ccc(CC#N)cc1. The molecule has 2 rings (SSSR count). The third-order valence-corrected chi connectivity index (χ3v) is 3.15. The molecule has 0 spiro atoms. The van der Waals surface area contributed by atoms with Crippen LogP contribution in [0.3, 0.4) is 0 Å². The normalized spacial score (nSPS) is 9.78. The fraction of sp³-hybridized carbons (Fsp3) is 0.250. The summed E-state index contributed by atoms with van der Waals surface area (Å²) >= 11 is 1.31. The summed E-state index contributed by atoms with van der Waals surface area (Å²) in [5, 5.41) is 16.5. The molecule has 0 atom stereocenters. The van der Waals surface area contributed by atoms with Gasteiger partial charge >= 0.3 is 0 Å². The number of hydrogen-bond acceptors (Lipinski definition) is 6. The number of aromatic nitrogens is 2. The predicted octanol–water partition coefficient (Wildman–Crippen LogP) is 2.22. The Bertz CT molecular complexity index is 544. The smallest absolute Gasteiger partial charge is 0.136 e. The molecular formula is C12H12N4OS. The van der Waals surface area contributed by atoms with Crippen molar-refractivity contribution < 1.29 is 4.74 Å². The predicted molar refractivity (Wildman–Crippen MR) is 69.5 cm³/mol. The maximum atomic E-state index is 8.57. The van der Waals surface area contributed by atoms with Crippen LogP contribution in [0.4, 0.5) is 5.00 Å². The Balaban J connectivity index is 1.96. The first-order valence-electron chi connectivity index (χ1n) is 5.41. The second-order valence-corrected chi connectivity index (χ2v) is 4.32. The second kappa shape index (κ2) is 5.98. The summed E-state index contributed by atoms with van der Waals surface area (Å²) < 4.78 is 9.46. The van der Waals surface area contributed by atoms with Crippen molar-refractivity contribution in [2.45, 2.75) is 13.0 Å². The molecule has 1 aromatic carbocycles. The van der Waals surface area contributed by atoms with E-state index in [1.54, 1.807) is 0 Å². The molecule has 92 valence electrons. The topological polar surface area (TPSA) is 70.8 Å². The van der Waals surface area contributed by atoms with E-state index < -0.39 is 0 Å². The molecule has 1 N–H and O–H groups in total. The van der Waals surface area contributed by atoms with Gasteiger partial charge in [-0.25, -0.2) is 0 Å². The lowest BCUT2D eigenvalue weighted by Crippen LogP contribution is -1.99. The summed E-state index contributed by atoms with van der Waals surface area (Å²) in [5.74, 6) is 0.756. The first kappa shape index (κ1) is 12.3. The Labute approximate surface area is 109 Å². The molecule has 0 aliphatic heterocycles. The summed E-state index contributed by atoms with van der Waals surface area (Å²) in [7, 11) is 1.83. The molecule has 2 aromatic rings. The minimum absolute atomic E-state index is 0.379. The fourth-order valence-corrected chi connectivity index (χ4v) is 1.96. The van der Waals surface area contributed by atoms with Crippen LogP contribution < -0.4 is 10.1 Å². The van der Waals surface area contributed by atoms with Gasteiger partial charge in [-0.3, -0.25) is 0 Å². The molecule has 0 amide bonds. The Morgan fingerprint density at radius 2 is 2.17 bits per heavy atom. The third kappa shape index (κ3) is 2.96. The van der Waals surface area contributed by atoms with Gasteiger partial charge in [0.25, 0.3) is 0 Å². The van der Waals surface area contributed by atoms with E-state index in [2.05, 4.69) is 21.0 Å². The van der Waals surface area contributed by atoms with Crippen molar-refractivity contribution >= 4 is 16.5 Å². The first-order valence-corrected chi connectivity index (χ1v) is 6.18. The van der Waals surface area contributed by atoms with Crippen molar-refractivity contribution in [1.82, 2.24) is 9.59 Å². The number of anilines is 1. The lowest BCUT2D eigenvalue weighted by atomic mass is 10.2. The van der Waals surface area contributed by atoms with E-state index >= 15 is 0 Å². The zero-order valence-corrected chi connectivity index (χ0v) is 10.7. The Morgan fingerprint density at radius 3 is 2.83 bits per heavy atom. The van der Waals surface area contributed by atoms with Crippen LogP contribution in [0.5, 0.6) is 5.75 Å². The van der Waals surface area contributed by atoms with Crippen LogP contribution in [0.1, 0.15) is 11.3 Å². The molecule has 0 unspecified atom stereocenters. The molecule has 0 bridgehead atoms. The van der Waals surface area contributed by atoms with Crippen LogP contribution in [0.2, 0.25) is 0 Å². The summed E-state index contributed by atoms with van der Waals surface area (Å²) in [6, 6.07) is 9.58. The van der Waals surface area contributed by atoms with E-state index in [0.29, 0.717) is 13.0 Å². The maximum Gasteiger partial charge on any atom is 0.136 e. The van der Waals surface area contributed by atoms with Crippen molar-refractivity contribution in [2.75, 3.05) is 12.4 Å². The van der Waals surface area contributed by atoms with E-state index in [-0.39, 0.29) is 0 Å². The Morgan fingerprint density at radius 1 is 1.39 bits per heavy atom. The highest BCUT2D eigenvalue weighted by Gasteiger charge is 2.06. The lowest BCUT2D eigenvalue weighted by molar-refractivity contribution is 0.301. The van der Waals surface area contributed by atoms with Crippen molar-refractivity contribution in [3.8, 4) is 11.8 Å². The van der Waals surface area contributed by atoms with E-state index in [1.807, 2.05) is 31.3 Å². The van der Waals surface area contributed by atoms with E-state index in [9.17, 15) is 0 Å². The number of nitrogens with zero attached hydrogens (tertiary/aromatic N) is 3. The van der Waals surface area contributed by atoms with Gasteiger partial charge in [-0.05, 0) is 17.7 Å². The number of rotatable bonds is 5. The van der Waals surface area contributed by atoms with Gasteiger partial charge in [0.05, 0.1) is 12.5 Å². The molecule has 0 aliphatic rings. The van der Waals surface area contributed by atoms with Gasteiger partial charge < -0.3 is 10.1 Å². The van der Waals surface area contributed by atoms with Crippen molar-refractivity contribution in [3.05, 3.63) is 35.5 Å². The van der Waals surface area contributed by atoms with Crippen LogP contribution >= 0.6 is 11.5 Å².